The Kier molecular flexibility index (Phi) is 15.5. The number of rotatable bonds is 12. The largest absolute Gasteiger partial charge is 0.453 e. The topological polar surface area (TPSA) is 197 Å². The molecule has 344 valence electrons. The third kappa shape index (κ3) is 10.8. The van der Waals surface area contributed by atoms with E-state index in [9.17, 15) is 28.4 Å². The van der Waals surface area contributed by atoms with Crippen molar-refractivity contribution in [3.05, 3.63) is 54.1 Å². The molecule has 13 atom stereocenters. The van der Waals surface area contributed by atoms with Gasteiger partial charge in [0, 0.05) is 62.2 Å². The van der Waals surface area contributed by atoms with E-state index in [4.69, 9.17) is 34.2 Å². The minimum atomic E-state index is -1.48. The number of carbonyl (C=O) groups is 5. The molecule has 4 saturated heterocycles. The molecule has 0 saturated carbocycles. The van der Waals surface area contributed by atoms with Crippen molar-refractivity contribution in [3.63, 3.8) is 0 Å². The van der Waals surface area contributed by atoms with Crippen LogP contribution in [0.25, 0.3) is 0 Å². The van der Waals surface area contributed by atoms with E-state index in [1.807, 2.05) is 14.0 Å². The Hall–Kier alpha value is -4.58. The molecule has 0 spiro atoms. The number of halogens is 1. The van der Waals surface area contributed by atoms with Crippen LogP contribution in [0, 0.1) is 29.5 Å². The number of Topliss-reactive ketones (excluding diaryl/α,β-unsaturated/α-hetero) is 2. The Morgan fingerprint density at radius 2 is 1.79 bits per heavy atom. The van der Waals surface area contributed by atoms with E-state index < -0.39 is 95.3 Å². The first kappa shape index (κ1) is 48.5. The van der Waals surface area contributed by atoms with Gasteiger partial charge >= 0.3 is 18.2 Å². The average molecular weight is 872 g/mol. The Morgan fingerprint density at radius 1 is 1.08 bits per heavy atom. The molecule has 0 aromatic heterocycles. The zero-order valence-corrected chi connectivity index (χ0v) is 37.7. The van der Waals surface area contributed by atoms with Gasteiger partial charge in [0.1, 0.15) is 23.6 Å². The molecule has 1 aromatic rings. The third-order valence-corrected chi connectivity index (χ3v) is 13.1. The van der Waals surface area contributed by atoms with Crippen LogP contribution in [0.3, 0.4) is 0 Å². The molecule has 4 heterocycles. The summed E-state index contributed by atoms with van der Waals surface area (Å²) in [6.45, 7) is 18.8. The van der Waals surface area contributed by atoms with Crippen molar-refractivity contribution in [3.8, 4) is 0 Å². The average Bonchev–Trinajstić information content (AvgIpc) is 3.75. The number of nitrogens with zero attached hydrogens (tertiary/aromatic N) is 2. The normalized spacial score (nSPS) is 36.3. The second kappa shape index (κ2) is 19.9. The first-order chi connectivity index (χ1) is 29.1. The molecule has 5 rings (SSSR count). The predicted molar refractivity (Wildman–Crippen MR) is 227 cm³/mol. The van der Waals surface area contributed by atoms with Crippen molar-refractivity contribution in [2.24, 2.45) is 29.4 Å². The summed E-state index contributed by atoms with van der Waals surface area (Å²) in [5.41, 5.74) is 5.08. The molecular formula is C45H66FN5O11. The van der Waals surface area contributed by atoms with Crippen molar-refractivity contribution in [2.45, 2.75) is 135 Å². The number of carbonyl (C=O) groups excluding carboxylic acids is 5. The highest BCUT2D eigenvalue weighted by atomic mass is 19.1. The van der Waals surface area contributed by atoms with Gasteiger partial charge in [-0.15, -0.1) is 0 Å². The molecule has 1 aromatic carbocycles. The lowest BCUT2D eigenvalue weighted by Crippen LogP contribution is -2.58. The first-order valence-corrected chi connectivity index (χ1v) is 21.5. The molecular weight excluding hydrogens is 806 g/mol. The number of ketones is 2. The van der Waals surface area contributed by atoms with Crippen molar-refractivity contribution in [1.82, 2.24) is 15.5 Å². The monoisotopic (exact) mass is 871 g/mol. The fraction of sp³-hybridized carbons (Fsp3) is 0.667. The minimum Gasteiger partial charge on any atom is -0.453 e. The van der Waals surface area contributed by atoms with Gasteiger partial charge in [-0.3, -0.25) is 19.3 Å². The number of nitrogens with two attached hydrogens (primary N) is 1. The van der Waals surface area contributed by atoms with Gasteiger partial charge < -0.3 is 49.7 Å². The Balaban J connectivity index is 1.27. The minimum absolute atomic E-state index is 0.00186. The summed E-state index contributed by atoms with van der Waals surface area (Å²) in [6, 6.07) is 4.92. The van der Waals surface area contributed by atoms with E-state index in [0.717, 1.165) is 0 Å². The lowest BCUT2D eigenvalue weighted by molar-refractivity contribution is -0.263. The summed E-state index contributed by atoms with van der Waals surface area (Å²) >= 11 is 0. The molecule has 16 nitrogen and oxygen atoms in total. The van der Waals surface area contributed by atoms with E-state index in [0.29, 0.717) is 49.3 Å². The summed E-state index contributed by atoms with van der Waals surface area (Å²) in [5, 5.41) is 5.91. The fourth-order valence-electron chi connectivity index (χ4n) is 9.46. The van der Waals surface area contributed by atoms with Gasteiger partial charge in [0.05, 0.1) is 42.6 Å². The van der Waals surface area contributed by atoms with Crippen LogP contribution in [-0.4, -0.2) is 122 Å². The second-order valence-electron chi connectivity index (χ2n) is 18.1. The highest BCUT2D eigenvalue weighted by Crippen LogP contribution is 2.41. The lowest BCUT2D eigenvalue weighted by atomic mass is 9.73. The Labute approximate surface area is 364 Å². The van der Waals surface area contributed by atoms with Crippen LogP contribution in [0.15, 0.2) is 48.3 Å². The summed E-state index contributed by atoms with van der Waals surface area (Å²) < 4.78 is 50.2. The van der Waals surface area contributed by atoms with Crippen LogP contribution in [-0.2, 0) is 42.8 Å². The van der Waals surface area contributed by atoms with Crippen LogP contribution in [0.4, 0.5) is 19.7 Å². The number of amides is 2. The fourth-order valence-corrected chi connectivity index (χ4v) is 9.46. The number of hydrogen-bond acceptors (Lipinski definition) is 14. The van der Waals surface area contributed by atoms with Gasteiger partial charge in [0.15, 0.2) is 23.8 Å². The number of anilines is 1. The first-order valence-electron chi connectivity index (χ1n) is 21.5. The number of benzene rings is 1. The van der Waals surface area contributed by atoms with Gasteiger partial charge in [-0.25, -0.2) is 14.0 Å². The second-order valence-corrected chi connectivity index (χ2v) is 18.1. The van der Waals surface area contributed by atoms with Gasteiger partial charge in [-0.05, 0) is 78.3 Å². The van der Waals surface area contributed by atoms with Gasteiger partial charge in [0.2, 0.25) is 0 Å². The number of esters is 1. The van der Waals surface area contributed by atoms with Crippen molar-refractivity contribution in [2.75, 3.05) is 38.7 Å². The van der Waals surface area contributed by atoms with E-state index in [2.05, 4.69) is 22.1 Å². The lowest BCUT2D eigenvalue weighted by Gasteiger charge is -2.45. The summed E-state index contributed by atoms with van der Waals surface area (Å²) in [4.78, 5) is 71.1. The highest BCUT2D eigenvalue weighted by Gasteiger charge is 2.58. The number of nitrogens with one attached hydrogen (secondary N) is 2. The maximum Gasteiger partial charge on any atom is 0.414 e. The van der Waals surface area contributed by atoms with Gasteiger partial charge in [0.25, 0.3) is 0 Å². The molecule has 62 heavy (non-hydrogen) atoms. The summed E-state index contributed by atoms with van der Waals surface area (Å²) in [5.74, 6) is -5.48. The maximum absolute atomic E-state index is 14.3. The summed E-state index contributed by atoms with van der Waals surface area (Å²) in [6.07, 6.45) is -1.35. The molecule has 0 bridgehead atoms. The quantitative estimate of drug-likeness (QED) is 0.110. The molecule has 0 radical (unpaired) electrons. The van der Waals surface area contributed by atoms with Crippen molar-refractivity contribution in [1.29, 1.82) is 0 Å². The zero-order valence-electron chi connectivity index (χ0n) is 37.7. The molecule has 0 unspecified atom stereocenters. The maximum atomic E-state index is 14.3. The van der Waals surface area contributed by atoms with E-state index in [1.54, 1.807) is 53.8 Å². The number of ether oxygens (including phenoxy) is 6. The van der Waals surface area contributed by atoms with E-state index >= 15 is 0 Å². The van der Waals surface area contributed by atoms with Crippen LogP contribution in [0.5, 0.6) is 0 Å². The van der Waals surface area contributed by atoms with Crippen molar-refractivity contribution >= 4 is 35.4 Å². The molecule has 4 aliphatic rings. The number of hydrogen-bond donors (Lipinski definition) is 3. The van der Waals surface area contributed by atoms with E-state index in [1.165, 1.54) is 37.1 Å². The number of alkyl carbamates (subject to hydrolysis) is 1. The number of methoxy groups -OCH3 is 1. The third-order valence-electron chi connectivity index (χ3n) is 13.1. The van der Waals surface area contributed by atoms with Gasteiger partial charge in [-0.1, -0.05) is 33.4 Å². The molecule has 4 N–H and O–H groups in total. The standard InChI is InChI=1S/C45H66FN5O11/c1-24(2)39-45(9)38(49-42(55)62-45)27(5)36(52)25(3)20-44(8,57-11)40(28(6)37(53)29(7)41(54)61-39)60-35-19-33(17-26(4)58-35)50(10)16-15-31(47)21-48-22-34-23-51(43(56)59-34)32-14-12-13-30(46)18-32/h12-14,18,21,25-29,33-35,38-40,48H,1,15-17,19-20,22-23,47H2,2-11H3,(H,49,55)/b31-21-/t25-,26-,27-,28+,29-,33+,34+,35+,38-,39-,40-,44-,45+/m1/s1. The van der Waals surface area contributed by atoms with Crippen LogP contribution < -0.4 is 21.3 Å². The Morgan fingerprint density at radius 3 is 2.45 bits per heavy atom. The van der Waals surface area contributed by atoms with Gasteiger partial charge in [-0.2, -0.15) is 0 Å². The molecule has 4 aliphatic heterocycles. The summed E-state index contributed by atoms with van der Waals surface area (Å²) in [7, 11) is 3.50. The number of cyclic esters (lactones) is 2. The smallest absolute Gasteiger partial charge is 0.414 e. The van der Waals surface area contributed by atoms with Crippen molar-refractivity contribution < 1.29 is 56.8 Å². The molecule has 17 heteroatoms. The van der Waals surface area contributed by atoms with E-state index in [-0.39, 0.29) is 30.9 Å². The SMILES string of the molecule is C=C(C)[C@H]1OC(=O)[C@H](C)C(=O)[C@H](C)[C@@H](O[C@H]2C[C@@H](N(C)CC/C(N)=C/NC[C@H]3CN(c4cccc(F)c4)C(=O)O3)C[C@@H](C)O2)[C@](C)(OC)C[C@@H](C)C(=O)[C@@H](C)[C@H]2NC(=O)O[C@]12C. The molecule has 4 fully saturated rings. The highest BCUT2D eigenvalue weighted by molar-refractivity contribution is 6.00. The molecule has 0 aliphatic carbocycles. The predicted octanol–water partition coefficient (Wildman–Crippen LogP) is 4.99. The zero-order chi connectivity index (χ0) is 45.8. The number of fused-ring (bicyclic) bond motifs is 1. The van der Waals surface area contributed by atoms with Crippen LogP contribution >= 0.6 is 0 Å². The van der Waals surface area contributed by atoms with Crippen LogP contribution in [0.2, 0.25) is 0 Å². The van der Waals surface area contributed by atoms with Crippen LogP contribution in [0.1, 0.15) is 81.1 Å². The Bertz CT molecular complexity index is 1880. The molecule has 2 amide bonds.